The number of benzene rings is 1. The van der Waals surface area contributed by atoms with E-state index in [1.807, 2.05) is 6.92 Å². The highest BCUT2D eigenvalue weighted by molar-refractivity contribution is 6.01. The molecule has 1 amide bonds. The lowest BCUT2D eigenvalue weighted by Crippen LogP contribution is -2.28. The van der Waals surface area contributed by atoms with Crippen LogP contribution in [0.25, 0.3) is 0 Å². The Kier molecular flexibility index (Phi) is 4.66. The summed E-state index contributed by atoms with van der Waals surface area (Å²) in [6, 6.07) is 4.89. The molecule has 92 valence electrons. The van der Waals surface area contributed by atoms with Gasteiger partial charge in [-0.05, 0) is 25.6 Å². The summed E-state index contributed by atoms with van der Waals surface area (Å²) in [5, 5.41) is 14.5. The summed E-state index contributed by atoms with van der Waals surface area (Å²) >= 11 is 0. The van der Waals surface area contributed by atoms with E-state index >= 15 is 0 Å². The molecule has 3 N–H and O–H groups in total. The zero-order valence-corrected chi connectivity index (χ0v) is 9.91. The van der Waals surface area contributed by atoms with Crippen molar-refractivity contribution in [1.82, 2.24) is 5.32 Å². The van der Waals surface area contributed by atoms with Gasteiger partial charge >= 0.3 is 5.97 Å². The maximum atomic E-state index is 11.5. The van der Waals surface area contributed by atoms with Crippen LogP contribution in [0, 0.1) is 6.92 Å². The van der Waals surface area contributed by atoms with Crippen LogP contribution in [0.1, 0.15) is 22.8 Å². The van der Waals surface area contributed by atoms with Gasteiger partial charge in [0.25, 0.3) is 0 Å². The van der Waals surface area contributed by atoms with E-state index in [2.05, 4.69) is 10.6 Å². The second-order valence-corrected chi connectivity index (χ2v) is 3.68. The minimum absolute atomic E-state index is 0.106. The monoisotopic (exact) mass is 236 g/mol. The number of amides is 1. The molecule has 1 rings (SSSR count). The number of rotatable bonds is 5. The summed E-state index contributed by atoms with van der Waals surface area (Å²) in [6.45, 7) is 4.55. The predicted octanol–water partition coefficient (Wildman–Crippen LogP) is 1.24. The first kappa shape index (κ1) is 13.2. The van der Waals surface area contributed by atoms with Gasteiger partial charge in [-0.15, -0.1) is 0 Å². The SMILES string of the molecule is CCNCC(=O)Nc1ccc(C)cc1C(=O)O. The van der Waals surface area contributed by atoms with E-state index in [1.54, 1.807) is 19.1 Å². The van der Waals surface area contributed by atoms with Crippen LogP contribution in [0.2, 0.25) is 0 Å². The Labute approximate surface area is 99.8 Å². The Hall–Kier alpha value is -1.88. The molecule has 0 aliphatic carbocycles. The van der Waals surface area contributed by atoms with E-state index in [-0.39, 0.29) is 18.0 Å². The zero-order chi connectivity index (χ0) is 12.8. The van der Waals surface area contributed by atoms with E-state index in [4.69, 9.17) is 5.11 Å². The Morgan fingerprint density at radius 3 is 2.65 bits per heavy atom. The van der Waals surface area contributed by atoms with Crippen LogP contribution in [-0.4, -0.2) is 30.1 Å². The summed E-state index contributed by atoms with van der Waals surface area (Å²) in [4.78, 5) is 22.5. The molecule has 1 aromatic carbocycles. The maximum absolute atomic E-state index is 11.5. The van der Waals surface area contributed by atoms with Crippen molar-refractivity contribution in [1.29, 1.82) is 0 Å². The van der Waals surface area contributed by atoms with Crippen LogP contribution in [0.3, 0.4) is 0 Å². The molecule has 17 heavy (non-hydrogen) atoms. The van der Waals surface area contributed by atoms with Crippen molar-refractivity contribution >= 4 is 17.6 Å². The number of carbonyl (C=O) groups excluding carboxylic acids is 1. The number of aromatic carboxylic acids is 1. The fraction of sp³-hybridized carbons (Fsp3) is 0.333. The second kappa shape index (κ2) is 6.00. The average molecular weight is 236 g/mol. The molecular formula is C12H16N2O3. The van der Waals surface area contributed by atoms with Gasteiger partial charge < -0.3 is 15.7 Å². The van der Waals surface area contributed by atoms with Gasteiger partial charge in [-0.25, -0.2) is 4.79 Å². The first-order valence-electron chi connectivity index (χ1n) is 5.39. The van der Waals surface area contributed by atoms with Crippen molar-refractivity contribution in [2.45, 2.75) is 13.8 Å². The van der Waals surface area contributed by atoms with Gasteiger partial charge in [-0.3, -0.25) is 4.79 Å². The van der Waals surface area contributed by atoms with Gasteiger partial charge in [0.15, 0.2) is 0 Å². The molecule has 5 nitrogen and oxygen atoms in total. The van der Waals surface area contributed by atoms with Crippen molar-refractivity contribution in [3.63, 3.8) is 0 Å². The number of nitrogens with one attached hydrogen (secondary N) is 2. The molecule has 5 heteroatoms. The third-order valence-electron chi connectivity index (χ3n) is 2.22. The number of carboxylic acid groups (broad SMARTS) is 1. The number of anilines is 1. The molecule has 0 aliphatic rings. The lowest BCUT2D eigenvalue weighted by molar-refractivity contribution is -0.115. The van der Waals surface area contributed by atoms with Crippen LogP contribution < -0.4 is 10.6 Å². The molecule has 0 aliphatic heterocycles. The highest BCUT2D eigenvalue weighted by atomic mass is 16.4. The Balaban J connectivity index is 2.83. The molecule has 0 saturated carbocycles. The first-order valence-corrected chi connectivity index (χ1v) is 5.39. The number of hydrogen-bond acceptors (Lipinski definition) is 3. The topological polar surface area (TPSA) is 78.4 Å². The molecule has 0 saturated heterocycles. The Morgan fingerprint density at radius 2 is 2.06 bits per heavy atom. The van der Waals surface area contributed by atoms with E-state index < -0.39 is 5.97 Å². The largest absolute Gasteiger partial charge is 0.478 e. The predicted molar refractivity (Wildman–Crippen MR) is 65.3 cm³/mol. The van der Waals surface area contributed by atoms with Gasteiger partial charge in [0.05, 0.1) is 17.8 Å². The molecule has 1 aromatic rings. The summed E-state index contributed by atoms with van der Waals surface area (Å²) in [7, 11) is 0. The lowest BCUT2D eigenvalue weighted by Gasteiger charge is -2.09. The van der Waals surface area contributed by atoms with E-state index in [0.29, 0.717) is 12.2 Å². The molecule has 0 heterocycles. The van der Waals surface area contributed by atoms with Gasteiger partial charge in [0.1, 0.15) is 0 Å². The van der Waals surface area contributed by atoms with Crippen LogP contribution >= 0.6 is 0 Å². The highest BCUT2D eigenvalue weighted by Crippen LogP contribution is 2.17. The third kappa shape index (κ3) is 3.88. The number of aryl methyl sites for hydroxylation is 1. The van der Waals surface area contributed by atoms with E-state index in [1.165, 1.54) is 6.07 Å². The van der Waals surface area contributed by atoms with Crippen molar-refractivity contribution in [3.05, 3.63) is 29.3 Å². The molecule has 0 bridgehead atoms. The summed E-state index contributed by atoms with van der Waals surface area (Å²) < 4.78 is 0. The van der Waals surface area contributed by atoms with Gasteiger partial charge in [-0.2, -0.15) is 0 Å². The smallest absolute Gasteiger partial charge is 0.337 e. The van der Waals surface area contributed by atoms with Crippen LogP contribution in [0.15, 0.2) is 18.2 Å². The van der Waals surface area contributed by atoms with Crippen molar-refractivity contribution in [2.75, 3.05) is 18.4 Å². The fourth-order valence-corrected chi connectivity index (χ4v) is 1.38. The minimum atomic E-state index is -1.05. The van der Waals surface area contributed by atoms with Crippen LogP contribution in [0.4, 0.5) is 5.69 Å². The van der Waals surface area contributed by atoms with Gasteiger partial charge in [0, 0.05) is 0 Å². The molecule has 0 radical (unpaired) electrons. The normalized spacial score (nSPS) is 10.0. The average Bonchev–Trinajstić information content (AvgIpc) is 2.28. The maximum Gasteiger partial charge on any atom is 0.337 e. The second-order valence-electron chi connectivity index (χ2n) is 3.68. The van der Waals surface area contributed by atoms with Crippen molar-refractivity contribution in [3.8, 4) is 0 Å². The Morgan fingerprint density at radius 1 is 1.35 bits per heavy atom. The van der Waals surface area contributed by atoms with Gasteiger partial charge in [-0.1, -0.05) is 18.6 Å². The number of likely N-dealkylation sites (N-methyl/N-ethyl adjacent to an activating group) is 1. The summed E-state index contributed by atoms with van der Waals surface area (Å²) in [5.74, 6) is -1.30. The van der Waals surface area contributed by atoms with Crippen LogP contribution in [0.5, 0.6) is 0 Å². The summed E-state index contributed by atoms with van der Waals surface area (Å²) in [6.07, 6.45) is 0. The molecular weight excluding hydrogens is 220 g/mol. The molecule has 0 spiro atoms. The number of carbonyl (C=O) groups is 2. The fourth-order valence-electron chi connectivity index (χ4n) is 1.38. The van der Waals surface area contributed by atoms with Crippen molar-refractivity contribution < 1.29 is 14.7 Å². The van der Waals surface area contributed by atoms with Crippen molar-refractivity contribution in [2.24, 2.45) is 0 Å². The first-order chi connectivity index (χ1) is 8.04. The molecule has 0 atom stereocenters. The molecule has 0 aromatic heterocycles. The quantitative estimate of drug-likeness (QED) is 0.718. The minimum Gasteiger partial charge on any atom is -0.478 e. The molecule has 0 fully saturated rings. The highest BCUT2D eigenvalue weighted by Gasteiger charge is 2.12. The van der Waals surface area contributed by atoms with Gasteiger partial charge in [0.2, 0.25) is 5.91 Å². The summed E-state index contributed by atoms with van der Waals surface area (Å²) in [5.41, 5.74) is 1.27. The van der Waals surface area contributed by atoms with Crippen LogP contribution in [-0.2, 0) is 4.79 Å². The van der Waals surface area contributed by atoms with E-state index in [0.717, 1.165) is 5.56 Å². The Bertz CT molecular complexity index is 430. The lowest BCUT2D eigenvalue weighted by atomic mass is 10.1. The standard InChI is InChI=1S/C12H16N2O3/c1-3-13-7-11(15)14-10-5-4-8(2)6-9(10)12(16)17/h4-6,13H,3,7H2,1-2H3,(H,14,15)(H,16,17). The third-order valence-corrected chi connectivity index (χ3v) is 2.22. The number of carboxylic acids is 1. The van der Waals surface area contributed by atoms with E-state index in [9.17, 15) is 9.59 Å². The molecule has 0 unspecified atom stereocenters. The number of hydrogen-bond donors (Lipinski definition) is 3. The zero-order valence-electron chi connectivity index (χ0n) is 9.91.